The summed E-state index contributed by atoms with van der Waals surface area (Å²) in [6.07, 6.45) is 1.59. The predicted octanol–water partition coefficient (Wildman–Crippen LogP) is 4.45. The zero-order chi connectivity index (χ0) is 19.4. The van der Waals surface area contributed by atoms with Gasteiger partial charge in [0.25, 0.3) is 5.91 Å². The van der Waals surface area contributed by atoms with Crippen LogP contribution in [0.3, 0.4) is 0 Å². The van der Waals surface area contributed by atoms with Gasteiger partial charge in [-0.3, -0.25) is 14.5 Å². The van der Waals surface area contributed by atoms with Crippen LogP contribution in [0.2, 0.25) is 0 Å². The molecule has 0 bridgehead atoms. The smallest absolute Gasteiger partial charge is 0.297 e. The highest BCUT2D eigenvalue weighted by atomic mass is 32.1. The summed E-state index contributed by atoms with van der Waals surface area (Å²) in [6, 6.07) is 10.3. The molecule has 28 heavy (non-hydrogen) atoms. The third kappa shape index (κ3) is 2.40. The molecule has 1 aliphatic rings. The number of thiazole rings is 1. The van der Waals surface area contributed by atoms with Crippen LogP contribution in [0.1, 0.15) is 33.3 Å². The third-order valence-corrected chi connectivity index (χ3v) is 5.61. The van der Waals surface area contributed by atoms with Gasteiger partial charge in [0.15, 0.2) is 10.6 Å². The van der Waals surface area contributed by atoms with Crippen molar-refractivity contribution in [2.24, 2.45) is 0 Å². The molecule has 0 unspecified atom stereocenters. The average molecular weight is 392 g/mol. The summed E-state index contributed by atoms with van der Waals surface area (Å²) in [6.45, 7) is 1.89. The highest BCUT2D eigenvalue weighted by Gasteiger charge is 2.44. The first kappa shape index (κ1) is 16.8. The summed E-state index contributed by atoms with van der Waals surface area (Å²) >= 11 is 1.28. The number of fused-ring (bicyclic) bond motifs is 2. The fourth-order valence-corrected chi connectivity index (χ4v) is 4.25. The van der Waals surface area contributed by atoms with Crippen LogP contribution in [0, 0.1) is 12.7 Å². The Bertz CT molecular complexity index is 1280. The summed E-state index contributed by atoms with van der Waals surface area (Å²) in [4.78, 5) is 32.2. The maximum atomic E-state index is 13.5. The van der Waals surface area contributed by atoms with Crippen molar-refractivity contribution in [3.8, 4) is 0 Å². The number of hydrogen-bond donors (Lipinski definition) is 0. The average Bonchev–Trinajstić information content (AvgIpc) is 3.30. The van der Waals surface area contributed by atoms with Gasteiger partial charge < -0.3 is 4.42 Å². The Morgan fingerprint density at radius 3 is 2.64 bits per heavy atom. The molecule has 0 fully saturated rings. The summed E-state index contributed by atoms with van der Waals surface area (Å²) in [5, 5.41) is 2.62. The van der Waals surface area contributed by atoms with E-state index in [4.69, 9.17) is 4.42 Å². The number of carbonyl (C=O) groups excluding carboxylic acids is 1. The molecule has 0 saturated heterocycles. The Labute approximate surface area is 162 Å². The zero-order valence-electron chi connectivity index (χ0n) is 14.7. The number of anilines is 1. The van der Waals surface area contributed by atoms with Crippen LogP contribution < -0.4 is 10.3 Å². The van der Waals surface area contributed by atoms with Crippen LogP contribution in [0.25, 0.3) is 11.0 Å². The van der Waals surface area contributed by atoms with Gasteiger partial charge in [-0.2, -0.15) is 0 Å². The number of rotatable bonds is 2. The number of carbonyl (C=O) groups is 1. The second kappa shape index (κ2) is 6.10. The normalized spacial score (nSPS) is 16.0. The van der Waals surface area contributed by atoms with Crippen LogP contribution in [-0.2, 0) is 0 Å². The standard InChI is InChI=1S/C21H13FN2O3S/c1-11-2-7-15-14(10-11)18(25)16-17(12-3-5-13(22)6-4-12)24(20(26)19(16)27-15)21-23-8-9-28-21/h2-10,17H,1H3/t17-/m1/s1. The second-order valence-corrected chi connectivity index (χ2v) is 7.49. The van der Waals surface area contributed by atoms with Crippen molar-refractivity contribution in [2.75, 3.05) is 4.90 Å². The van der Waals surface area contributed by atoms with Crippen LogP contribution in [0.5, 0.6) is 0 Å². The molecule has 0 N–H and O–H groups in total. The van der Waals surface area contributed by atoms with Gasteiger partial charge in [0.1, 0.15) is 11.4 Å². The Kier molecular flexibility index (Phi) is 3.67. The molecule has 138 valence electrons. The first-order chi connectivity index (χ1) is 13.5. The summed E-state index contributed by atoms with van der Waals surface area (Å²) in [7, 11) is 0. The van der Waals surface area contributed by atoms with Crippen molar-refractivity contribution in [2.45, 2.75) is 13.0 Å². The van der Waals surface area contributed by atoms with Crippen molar-refractivity contribution in [3.63, 3.8) is 0 Å². The fraction of sp³-hybridized carbons (Fsp3) is 0.0952. The quantitative estimate of drug-likeness (QED) is 0.506. The number of benzene rings is 2. The maximum Gasteiger partial charge on any atom is 0.297 e. The molecule has 0 saturated carbocycles. The van der Waals surface area contributed by atoms with E-state index in [0.717, 1.165) is 5.56 Å². The van der Waals surface area contributed by atoms with E-state index in [1.807, 2.05) is 13.0 Å². The molecule has 0 radical (unpaired) electrons. The number of amides is 1. The number of hydrogen-bond acceptors (Lipinski definition) is 5. The van der Waals surface area contributed by atoms with Crippen LogP contribution >= 0.6 is 11.3 Å². The third-order valence-electron chi connectivity index (χ3n) is 4.84. The number of nitrogens with zero attached hydrogens (tertiary/aromatic N) is 2. The fourth-order valence-electron chi connectivity index (χ4n) is 3.58. The molecule has 4 aromatic rings. The highest BCUT2D eigenvalue weighted by Crippen LogP contribution is 2.41. The van der Waals surface area contributed by atoms with Gasteiger partial charge in [-0.1, -0.05) is 23.8 Å². The van der Waals surface area contributed by atoms with Gasteiger partial charge in [0.2, 0.25) is 5.76 Å². The predicted molar refractivity (Wildman–Crippen MR) is 104 cm³/mol. The molecule has 1 atom stereocenters. The molecule has 7 heteroatoms. The van der Waals surface area contributed by atoms with Crippen molar-refractivity contribution < 1.29 is 13.6 Å². The van der Waals surface area contributed by atoms with Gasteiger partial charge in [-0.05, 0) is 36.8 Å². The molecule has 1 aliphatic heterocycles. The number of aromatic nitrogens is 1. The number of aryl methyl sites for hydroxylation is 1. The Hall–Kier alpha value is -3.32. The Morgan fingerprint density at radius 2 is 1.93 bits per heavy atom. The Morgan fingerprint density at radius 1 is 1.14 bits per heavy atom. The molecule has 3 heterocycles. The largest absolute Gasteiger partial charge is 0.450 e. The molecule has 2 aromatic carbocycles. The van der Waals surface area contributed by atoms with Crippen LogP contribution in [-0.4, -0.2) is 10.9 Å². The van der Waals surface area contributed by atoms with E-state index in [0.29, 0.717) is 21.7 Å². The van der Waals surface area contributed by atoms with E-state index in [1.165, 1.54) is 28.4 Å². The SMILES string of the molecule is Cc1ccc2oc3c(c(=O)c2c1)[C@@H](c1ccc(F)cc1)N(c1nccs1)C3=O. The minimum absolute atomic E-state index is 0.00544. The molecular weight excluding hydrogens is 379 g/mol. The highest BCUT2D eigenvalue weighted by molar-refractivity contribution is 7.13. The topological polar surface area (TPSA) is 63.4 Å². The lowest BCUT2D eigenvalue weighted by molar-refractivity contribution is 0.0971. The zero-order valence-corrected chi connectivity index (χ0v) is 15.5. The Balaban J connectivity index is 1.83. The number of halogens is 1. The second-order valence-electron chi connectivity index (χ2n) is 6.62. The van der Waals surface area contributed by atoms with E-state index >= 15 is 0 Å². The molecule has 2 aromatic heterocycles. The molecule has 0 aliphatic carbocycles. The van der Waals surface area contributed by atoms with E-state index in [2.05, 4.69) is 4.98 Å². The van der Waals surface area contributed by atoms with Crippen molar-refractivity contribution in [1.29, 1.82) is 0 Å². The van der Waals surface area contributed by atoms with Gasteiger partial charge in [-0.25, -0.2) is 9.37 Å². The van der Waals surface area contributed by atoms with Crippen LogP contribution in [0.4, 0.5) is 9.52 Å². The van der Waals surface area contributed by atoms with Gasteiger partial charge in [0.05, 0.1) is 17.0 Å². The maximum absolute atomic E-state index is 13.5. The van der Waals surface area contributed by atoms with Crippen molar-refractivity contribution in [1.82, 2.24) is 4.98 Å². The molecular formula is C21H13FN2O3S. The van der Waals surface area contributed by atoms with Gasteiger partial charge in [-0.15, -0.1) is 11.3 Å². The van der Waals surface area contributed by atoms with Gasteiger partial charge in [0, 0.05) is 11.6 Å². The summed E-state index contributed by atoms with van der Waals surface area (Å²) in [5.74, 6) is -0.819. The minimum Gasteiger partial charge on any atom is -0.450 e. The minimum atomic E-state index is -0.726. The molecule has 0 spiro atoms. The van der Waals surface area contributed by atoms with E-state index in [9.17, 15) is 14.0 Å². The first-order valence-corrected chi connectivity index (χ1v) is 9.48. The van der Waals surface area contributed by atoms with E-state index in [-0.39, 0.29) is 16.8 Å². The van der Waals surface area contributed by atoms with Crippen LogP contribution in [0.15, 0.2) is 63.3 Å². The lowest BCUT2D eigenvalue weighted by atomic mass is 9.98. The molecule has 5 rings (SSSR count). The lowest BCUT2D eigenvalue weighted by Gasteiger charge is -2.22. The molecule has 1 amide bonds. The van der Waals surface area contributed by atoms with Crippen molar-refractivity contribution in [3.05, 3.63) is 92.5 Å². The summed E-state index contributed by atoms with van der Waals surface area (Å²) < 4.78 is 19.3. The molecule has 5 nitrogen and oxygen atoms in total. The lowest BCUT2D eigenvalue weighted by Crippen LogP contribution is -2.29. The summed E-state index contributed by atoms with van der Waals surface area (Å²) in [5.41, 5.74) is 1.88. The van der Waals surface area contributed by atoms with Crippen molar-refractivity contribution >= 4 is 33.3 Å². The van der Waals surface area contributed by atoms with E-state index < -0.39 is 17.8 Å². The monoisotopic (exact) mass is 392 g/mol. The first-order valence-electron chi connectivity index (χ1n) is 8.60. The van der Waals surface area contributed by atoms with E-state index in [1.54, 1.807) is 35.8 Å². The van der Waals surface area contributed by atoms with Gasteiger partial charge >= 0.3 is 0 Å².